The molecule has 0 spiro atoms. The molecule has 1 saturated heterocycles. The Kier molecular flexibility index (Phi) is 4.62. The number of nitrogens with one attached hydrogen (secondary N) is 1. The molecule has 1 fully saturated rings. The quantitative estimate of drug-likeness (QED) is 0.920. The van der Waals surface area contributed by atoms with Gasteiger partial charge in [0.15, 0.2) is 0 Å². The Bertz CT molecular complexity index is 297. The van der Waals surface area contributed by atoms with Crippen LogP contribution in [0.5, 0.6) is 0 Å². The van der Waals surface area contributed by atoms with E-state index in [4.69, 9.17) is 4.74 Å². The maximum absolute atomic E-state index is 5.72. The maximum atomic E-state index is 5.72. The molecule has 0 aromatic carbocycles. The molecule has 4 heteroatoms. The van der Waals surface area contributed by atoms with Crippen molar-refractivity contribution in [3.63, 3.8) is 0 Å². The number of thiophene rings is 1. The lowest BCUT2D eigenvalue weighted by Crippen LogP contribution is -2.32. The fourth-order valence-corrected chi connectivity index (χ4v) is 3.21. The zero-order chi connectivity index (χ0) is 10.5. The lowest BCUT2D eigenvalue weighted by molar-refractivity contribution is 0.0799. The van der Waals surface area contributed by atoms with Gasteiger partial charge < -0.3 is 10.1 Å². The number of ether oxygens (including phenoxy) is 1. The molecule has 0 bridgehead atoms. The highest BCUT2D eigenvalue weighted by atomic mass is 79.9. The second kappa shape index (κ2) is 5.99. The average Bonchev–Trinajstić information content (AvgIpc) is 2.66. The molecule has 1 N–H and O–H groups in total. The Balaban J connectivity index is 1.65. The molecule has 15 heavy (non-hydrogen) atoms. The van der Waals surface area contributed by atoms with Crippen molar-refractivity contribution in [1.82, 2.24) is 5.32 Å². The largest absolute Gasteiger partial charge is 0.376 e. The minimum atomic E-state index is 0.710. The highest BCUT2D eigenvalue weighted by Gasteiger charge is 2.12. The normalized spacial score (nSPS) is 21.8. The molecule has 0 aliphatic carbocycles. The molecule has 1 unspecified atom stereocenters. The summed E-state index contributed by atoms with van der Waals surface area (Å²) in [6.45, 7) is 3.94. The minimum Gasteiger partial charge on any atom is -0.376 e. The predicted octanol–water partition coefficient (Wildman–Crippen LogP) is 3.03. The second-order valence-corrected chi connectivity index (χ2v) is 5.87. The maximum Gasteiger partial charge on any atom is 0.0809 e. The van der Waals surface area contributed by atoms with Gasteiger partial charge in [-0.15, -0.1) is 11.3 Å². The molecule has 1 aliphatic rings. The van der Waals surface area contributed by atoms with Gasteiger partial charge in [-0.3, -0.25) is 0 Å². The van der Waals surface area contributed by atoms with Crippen LogP contribution in [0, 0.1) is 5.92 Å². The third-order valence-corrected chi connectivity index (χ3v) is 4.29. The van der Waals surface area contributed by atoms with E-state index in [0.717, 1.165) is 24.2 Å². The molecule has 0 amide bonds. The van der Waals surface area contributed by atoms with Crippen molar-refractivity contribution in [1.29, 1.82) is 0 Å². The molecule has 84 valence electrons. The van der Waals surface area contributed by atoms with Crippen molar-refractivity contribution in [3.05, 3.63) is 20.8 Å². The first kappa shape index (κ1) is 11.6. The molecule has 2 rings (SSSR count). The van der Waals surface area contributed by atoms with Crippen LogP contribution in [0.4, 0.5) is 0 Å². The van der Waals surface area contributed by atoms with Crippen LogP contribution in [0.1, 0.15) is 17.7 Å². The van der Waals surface area contributed by atoms with Gasteiger partial charge in [0.25, 0.3) is 0 Å². The lowest BCUT2D eigenvalue weighted by atomic mass is 10.0. The van der Waals surface area contributed by atoms with E-state index in [2.05, 4.69) is 32.7 Å². The van der Waals surface area contributed by atoms with E-state index in [1.165, 1.54) is 24.3 Å². The smallest absolute Gasteiger partial charge is 0.0809 e. The highest BCUT2D eigenvalue weighted by molar-refractivity contribution is 9.10. The topological polar surface area (TPSA) is 21.3 Å². The molecular formula is C11H16BrNOS. The Morgan fingerprint density at radius 1 is 1.60 bits per heavy atom. The summed E-state index contributed by atoms with van der Waals surface area (Å²) >= 11 is 5.19. The van der Waals surface area contributed by atoms with Crippen molar-refractivity contribution < 1.29 is 4.74 Å². The Labute approximate surface area is 103 Å². The van der Waals surface area contributed by atoms with Crippen LogP contribution in [-0.2, 0) is 11.3 Å². The number of piperidine rings is 1. The summed E-state index contributed by atoms with van der Waals surface area (Å²) in [5.74, 6) is 0.710. The minimum absolute atomic E-state index is 0.710. The summed E-state index contributed by atoms with van der Waals surface area (Å²) in [5.41, 5.74) is 0. The van der Waals surface area contributed by atoms with Crippen LogP contribution < -0.4 is 5.32 Å². The summed E-state index contributed by atoms with van der Waals surface area (Å²) in [6.07, 6.45) is 2.60. The van der Waals surface area contributed by atoms with E-state index in [1.807, 2.05) is 0 Å². The van der Waals surface area contributed by atoms with Crippen LogP contribution in [0.2, 0.25) is 0 Å². The SMILES string of the molecule is Brc1csc(COCC2CCCNC2)c1. The molecule has 2 nitrogen and oxygen atoms in total. The van der Waals surface area contributed by atoms with Crippen molar-refractivity contribution >= 4 is 27.3 Å². The van der Waals surface area contributed by atoms with Gasteiger partial charge in [-0.05, 0) is 47.3 Å². The van der Waals surface area contributed by atoms with Gasteiger partial charge in [-0.1, -0.05) is 0 Å². The van der Waals surface area contributed by atoms with E-state index in [0.29, 0.717) is 5.92 Å². The summed E-state index contributed by atoms with van der Waals surface area (Å²) in [4.78, 5) is 1.30. The van der Waals surface area contributed by atoms with Gasteiger partial charge >= 0.3 is 0 Å². The Hall–Kier alpha value is 0.1000. The lowest BCUT2D eigenvalue weighted by Gasteiger charge is -2.22. The molecule has 1 aliphatic heterocycles. The van der Waals surface area contributed by atoms with Gasteiger partial charge in [0.05, 0.1) is 13.2 Å². The summed E-state index contributed by atoms with van der Waals surface area (Å²) in [6, 6.07) is 2.13. The summed E-state index contributed by atoms with van der Waals surface area (Å²) in [7, 11) is 0. The molecule has 2 heterocycles. The number of halogens is 1. The first-order valence-corrected chi connectivity index (χ1v) is 7.03. The summed E-state index contributed by atoms with van der Waals surface area (Å²) < 4.78 is 6.88. The first-order valence-electron chi connectivity index (χ1n) is 5.36. The molecule has 0 radical (unpaired) electrons. The fraction of sp³-hybridized carbons (Fsp3) is 0.636. The van der Waals surface area contributed by atoms with Gasteiger partial charge in [0.2, 0.25) is 0 Å². The third-order valence-electron chi connectivity index (χ3n) is 2.62. The van der Waals surface area contributed by atoms with Crippen LogP contribution in [-0.4, -0.2) is 19.7 Å². The molecular weight excluding hydrogens is 274 g/mol. The monoisotopic (exact) mass is 289 g/mol. The van der Waals surface area contributed by atoms with Crippen LogP contribution >= 0.6 is 27.3 Å². The van der Waals surface area contributed by atoms with E-state index >= 15 is 0 Å². The van der Waals surface area contributed by atoms with E-state index in [1.54, 1.807) is 11.3 Å². The van der Waals surface area contributed by atoms with Gasteiger partial charge in [0.1, 0.15) is 0 Å². The Morgan fingerprint density at radius 3 is 3.20 bits per heavy atom. The third kappa shape index (κ3) is 3.87. The highest BCUT2D eigenvalue weighted by Crippen LogP contribution is 2.20. The molecule has 1 atom stereocenters. The van der Waals surface area contributed by atoms with E-state index in [9.17, 15) is 0 Å². The molecule has 1 aromatic heterocycles. The van der Waals surface area contributed by atoms with Crippen molar-refractivity contribution in [2.24, 2.45) is 5.92 Å². The molecule has 0 saturated carbocycles. The zero-order valence-corrected chi connectivity index (χ0v) is 11.1. The average molecular weight is 290 g/mol. The molecule has 1 aromatic rings. The van der Waals surface area contributed by atoms with Crippen LogP contribution in [0.25, 0.3) is 0 Å². The van der Waals surface area contributed by atoms with Gasteiger partial charge in [0, 0.05) is 21.3 Å². The number of hydrogen-bond acceptors (Lipinski definition) is 3. The van der Waals surface area contributed by atoms with E-state index in [-0.39, 0.29) is 0 Å². The zero-order valence-electron chi connectivity index (χ0n) is 8.67. The first-order chi connectivity index (χ1) is 7.34. The van der Waals surface area contributed by atoms with Crippen molar-refractivity contribution in [2.45, 2.75) is 19.4 Å². The number of hydrogen-bond donors (Lipinski definition) is 1. The van der Waals surface area contributed by atoms with E-state index < -0.39 is 0 Å². The summed E-state index contributed by atoms with van der Waals surface area (Å²) in [5, 5.41) is 5.50. The van der Waals surface area contributed by atoms with Crippen LogP contribution in [0.3, 0.4) is 0 Å². The number of rotatable bonds is 4. The fourth-order valence-electron chi connectivity index (χ4n) is 1.82. The Morgan fingerprint density at radius 2 is 2.53 bits per heavy atom. The predicted molar refractivity (Wildman–Crippen MR) is 67.3 cm³/mol. The standard InChI is InChI=1S/C11H16BrNOS/c12-10-4-11(15-8-10)7-14-6-9-2-1-3-13-5-9/h4,8-9,13H,1-3,5-7H2. The van der Waals surface area contributed by atoms with Crippen LogP contribution in [0.15, 0.2) is 15.9 Å². The van der Waals surface area contributed by atoms with Crippen molar-refractivity contribution in [2.75, 3.05) is 19.7 Å². The second-order valence-electron chi connectivity index (χ2n) is 3.96. The van der Waals surface area contributed by atoms with Gasteiger partial charge in [-0.25, -0.2) is 0 Å². The van der Waals surface area contributed by atoms with Crippen molar-refractivity contribution in [3.8, 4) is 0 Å². The van der Waals surface area contributed by atoms with Gasteiger partial charge in [-0.2, -0.15) is 0 Å².